The fraction of sp³-hybridized carbons (Fsp3) is 0.846. The molecule has 1 aliphatic carbocycles. The van der Waals surface area contributed by atoms with E-state index in [4.69, 9.17) is 0 Å². The molecule has 0 aromatic heterocycles. The standard InChI is InChI=1S/C13H22N2O2S/c1-14(10-4-3-5-11(10)18-2)8-9-15-12(16)6-7-13(15)17/h10-11H,3-9H2,1-2H3/t10-,11+/m0/s1. The van der Waals surface area contributed by atoms with Gasteiger partial charge in [-0.1, -0.05) is 6.42 Å². The Balaban J connectivity index is 1.82. The molecular weight excluding hydrogens is 248 g/mol. The Hall–Kier alpha value is -0.550. The summed E-state index contributed by atoms with van der Waals surface area (Å²) < 4.78 is 0. The predicted octanol–water partition coefficient (Wildman–Crippen LogP) is 1.35. The van der Waals surface area contributed by atoms with Crippen molar-refractivity contribution in [2.24, 2.45) is 0 Å². The molecule has 0 radical (unpaired) electrons. The summed E-state index contributed by atoms with van der Waals surface area (Å²) in [6.45, 7) is 1.37. The highest BCUT2D eigenvalue weighted by Crippen LogP contribution is 2.31. The lowest BCUT2D eigenvalue weighted by atomic mass is 10.2. The number of likely N-dealkylation sites (N-methyl/N-ethyl adjacent to an activating group) is 1. The lowest BCUT2D eigenvalue weighted by molar-refractivity contribution is -0.138. The fourth-order valence-corrected chi connectivity index (χ4v) is 4.04. The first kappa shape index (κ1) is 13.9. The van der Waals surface area contributed by atoms with Gasteiger partial charge in [0.25, 0.3) is 0 Å². The van der Waals surface area contributed by atoms with Crippen LogP contribution in [-0.4, -0.2) is 59.3 Å². The Morgan fingerprint density at radius 1 is 1.28 bits per heavy atom. The van der Waals surface area contributed by atoms with Crippen LogP contribution in [0.1, 0.15) is 32.1 Å². The highest BCUT2D eigenvalue weighted by Gasteiger charge is 2.32. The summed E-state index contributed by atoms with van der Waals surface area (Å²) in [5.41, 5.74) is 0. The molecule has 0 spiro atoms. The summed E-state index contributed by atoms with van der Waals surface area (Å²) in [5.74, 6) is 0.00229. The van der Waals surface area contributed by atoms with Gasteiger partial charge in [0.1, 0.15) is 0 Å². The molecule has 2 amide bonds. The maximum absolute atomic E-state index is 11.5. The van der Waals surface area contributed by atoms with Crippen LogP contribution in [0.25, 0.3) is 0 Å². The van der Waals surface area contributed by atoms with Crippen molar-refractivity contribution < 1.29 is 9.59 Å². The predicted molar refractivity (Wildman–Crippen MR) is 73.5 cm³/mol. The second kappa shape index (κ2) is 6.06. The van der Waals surface area contributed by atoms with Gasteiger partial charge in [-0.25, -0.2) is 0 Å². The number of nitrogens with zero attached hydrogens (tertiary/aromatic N) is 2. The average molecular weight is 270 g/mol. The van der Waals surface area contributed by atoms with Crippen molar-refractivity contribution in [2.75, 3.05) is 26.4 Å². The molecule has 2 atom stereocenters. The second-order valence-electron chi connectivity index (χ2n) is 5.19. The van der Waals surface area contributed by atoms with Crippen LogP contribution < -0.4 is 0 Å². The van der Waals surface area contributed by atoms with Crippen molar-refractivity contribution in [3.05, 3.63) is 0 Å². The zero-order valence-electron chi connectivity index (χ0n) is 11.2. The van der Waals surface area contributed by atoms with Crippen LogP contribution in [0.4, 0.5) is 0 Å². The van der Waals surface area contributed by atoms with Crippen molar-refractivity contribution in [3.63, 3.8) is 0 Å². The molecular formula is C13H22N2O2S. The Kier molecular flexibility index (Phi) is 4.67. The first-order valence-corrected chi connectivity index (χ1v) is 7.98. The molecule has 0 aromatic carbocycles. The van der Waals surface area contributed by atoms with Crippen molar-refractivity contribution in [3.8, 4) is 0 Å². The summed E-state index contributed by atoms with van der Waals surface area (Å²) >= 11 is 1.94. The van der Waals surface area contributed by atoms with Gasteiger partial charge in [-0.05, 0) is 26.1 Å². The first-order chi connectivity index (χ1) is 8.63. The molecule has 0 unspecified atom stereocenters. The highest BCUT2D eigenvalue weighted by atomic mass is 32.2. The maximum Gasteiger partial charge on any atom is 0.229 e. The summed E-state index contributed by atoms with van der Waals surface area (Å²) in [6.07, 6.45) is 6.80. The van der Waals surface area contributed by atoms with E-state index in [2.05, 4.69) is 18.2 Å². The largest absolute Gasteiger partial charge is 0.301 e. The van der Waals surface area contributed by atoms with Gasteiger partial charge in [-0.15, -0.1) is 0 Å². The first-order valence-electron chi connectivity index (χ1n) is 6.69. The molecule has 0 aromatic rings. The number of hydrogen-bond donors (Lipinski definition) is 0. The third kappa shape index (κ3) is 2.88. The quantitative estimate of drug-likeness (QED) is 0.707. The summed E-state index contributed by atoms with van der Waals surface area (Å²) in [4.78, 5) is 26.8. The van der Waals surface area contributed by atoms with E-state index in [9.17, 15) is 9.59 Å². The third-order valence-corrected chi connectivity index (χ3v) is 5.27. The molecule has 0 bridgehead atoms. The number of amides is 2. The SMILES string of the molecule is CS[C@@H]1CCC[C@@H]1N(C)CCN1C(=O)CCC1=O. The molecule has 0 N–H and O–H groups in total. The summed E-state index contributed by atoms with van der Waals surface area (Å²) in [5, 5.41) is 0.708. The Morgan fingerprint density at radius 3 is 2.56 bits per heavy atom. The number of likely N-dealkylation sites (tertiary alicyclic amines) is 1. The van der Waals surface area contributed by atoms with Gasteiger partial charge >= 0.3 is 0 Å². The van der Waals surface area contributed by atoms with Gasteiger partial charge in [0, 0.05) is 37.2 Å². The van der Waals surface area contributed by atoms with Gasteiger partial charge in [0.2, 0.25) is 11.8 Å². The molecule has 1 aliphatic heterocycles. The summed E-state index contributed by atoms with van der Waals surface area (Å²) in [7, 11) is 2.12. The van der Waals surface area contributed by atoms with Crippen LogP contribution in [0, 0.1) is 0 Å². The zero-order chi connectivity index (χ0) is 13.1. The van der Waals surface area contributed by atoms with Gasteiger partial charge < -0.3 is 4.90 Å². The van der Waals surface area contributed by atoms with Crippen LogP contribution in [0.15, 0.2) is 0 Å². The topological polar surface area (TPSA) is 40.6 Å². The smallest absolute Gasteiger partial charge is 0.229 e. The van der Waals surface area contributed by atoms with Gasteiger partial charge in [-0.3, -0.25) is 14.5 Å². The van der Waals surface area contributed by atoms with E-state index in [0.717, 1.165) is 6.54 Å². The van der Waals surface area contributed by atoms with E-state index < -0.39 is 0 Å². The van der Waals surface area contributed by atoms with E-state index in [-0.39, 0.29) is 11.8 Å². The monoisotopic (exact) mass is 270 g/mol. The summed E-state index contributed by atoms with van der Waals surface area (Å²) in [6, 6.07) is 0.604. The minimum Gasteiger partial charge on any atom is -0.301 e. The van der Waals surface area contributed by atoms with E-state index in [0.29, 0.717) is 30.7 Å². The number of hydrogen-bond acceptors (Lipinski definition) is 4. The molecule has 1 saturated carbocycles. The van der Waals surface area contributed by atoms with E-state index in [1.54, 1.807) is 0 Å². The van der Waals surface area contributed by atoms with E-state index >= 15 is 0 Å². The van der Waals surface area contributed by atoms with Gasteiger partial charge in [0.05, 0.1) is 0 Å². The minimum atomic E-state index is 0.00115. The lowest BCUT2D eigenvalue weighted by Crippen LogP contribution is -2.42. The molecule has 5 heteroatoms. The molecule has 4 nitrogen and oxygen atoms in total. The molecule has 2 rings (SSSR count). The molecule has 1 heterocycles. The Labute approximate surface area is 113 Å². The molecule has 2 aliphatic rings. The Morgan fingerprint density at radius 2 is 1.94 bits per heavy atom. The zero-order valence-corrected chi connectivity index (χ0v) is 12.0. The van der Waals surface area contributed by atoms with Crippen molar-refractivity contribution in [1.82, 2.24) is 9.80 Å². The van der Waals surface area contributed by atoms with Crippen LogP contribution in [0.5, 0.6) is 0 Å². The average Bonchev–Trinajstić information content (AvgIpc) is 2.94. The van der Waals surface area contributed by atoms with E-state index in [1.807, 2.05) is 11.8 Å². The Bertz CT molecular complexity index is 319. The van der Waals surface area contributed by atoms with Crippen LogP contribution >= 0.6 is 11.8 Å². The molecule has 18 heavy (non-hydrogen) atoms. The molecule has 2 fully saturated rings. The number of carbonyl (C=O) groups excluding carboxylic acids is 2. The van der Waals surface area contributed by atoms with Crippen LogP contribution in [0.3, 0.4) is 0 Å². The molecule has 1 saturated heterocycles. The minimum absolute atomic E-state index is 0.00115. The fourth-order valence-electron chi connectivity index (χ4n) is 2.98. The van der Waals surface area contributed by atoms with Crippen molar-refractivity contribution in [2.45, 2.75) is 43.4 Å². The molecule has 102 valence electrons. The lowest BCUT2D eigenvalue weighted by Gasteiger charge is -2.29. The van der Waals surface area contributed by atoms with Gasteiger partial charge in [0.15, 0.2) is 0 Å². The number of imide groups is 1. The van der Waals surface area contributed by atoms with Crippen molar-refractivity contribution in [1.29, 1.82) is 0 Å². The third-order valence-electron chi connectivity index (χ3n) is 4.12. The number of thioether (sulfide) groups is 1. The number of rotatable bonds is 5. The van der Waals surface area contributed by atoms with E-state index in [1.165, 1.54) is 24.2 Å². The maximum atomic E-state index is 11.5. The highest BCUT2D eigenvalue weighted by molar-refractivity contribution is 7.99. The second-order valence-corrected chi connectivity index (χ2v) is 6.27. The number of carbonyl (C=O) groups is 2. The van der Waals surface area contributed by atoms with Crippen molar-refractivity contribution >= 4 is 23.6 Å². The van der Waals surface area contributed by atoms with Gasteiger partial charge in [-0.2, -0.15) is 11.8 Å². The normalized spacial score (nSPS) is 28.7. The van der Waals surface area contributed by atoms with Crippen LogP contribution in [0.2, 0.25) is 0 Å². The van der Waals surface area contributed by atoms with Crippen LogP contribution in [-0.2, 0) is 9.59 Å².